The van der Waals surface area contributed by atoms with Gasteiger partial charge in [-0.25, -0.2) is 9.59 Å². The summed E-state index contributed by atoms with van der Waals surface area (Å²) >= 11 is 0. The zero-order valence-corrected chi connectivity index (χ0v) is 15.1. The Kier molecular flexibility index (Phi) is 3.66. The lowest BCUT2D eigenvalue weighted by Crippen LogP contribution is -2.63. The standard InChI is InChI=1S/C20H24N2O5/c23-18(24)12-1-2-16-15(7-12)22(3-4-27-16)19(25)21-17-13-5-11-6-14(17)10-20(26,8-11)9-13/h1-2,7,11,13-14,17,26H,3-6,8-10H2,(H,21,25)(H,23,24). The molecule has 1 heterocycles. The zero-order chi connectivity index (χ0) is 18.8. The van der Waals surface area contributed by atoms with Gasteiger partial charge in [-0.05, 0) is 68.1 Å². The molecule has 2 unspecified atom stereocenters. The molecule has 3 N–H and O–H groups in total. The fourth-order valence-electron chi connectivity index (χ4n) is 6.00. The highest BCUT2D eigenvalue weighted by Gasteiger charge is 2.55. The van der Waals surface area contributed by atoms with Gasteiger partial charge in [0.1, 0.15) is 12.4 Å². The van der Waals surface area contributed by atoms with Crippen LogP contribution >= 0.6 is 0 Å². The van der Waals surface area contributed by atoms with Crippen molar-refractivity contribution in [2.45, 2.75) is 43.7 Å². The van der Waals surface area contributed by atoms with Gasteiger partial charge in [-0.15, -0.1) is 0 Å². The molecule has 4 aliphatic carbocycles. The first-order valence-corrected chi connectivity index (χ1v) is 9.72. The average molecular weight is 372 g/mol. The summed E-state index contributed by atoms with van der Waals surface area (Å²) in [6.07, 6.45) is 4.61. The maximum atomic E-state index is 13.1. The Morgan fingerprint density at radius 3 is 2.59 bits per heavy atom. The Morgan fingerprint density at radius 1 is 1.19 bits per heavy atom. The van der Waals surface area contributed by atoms with Crippen LogP contribution in [0, 0.1) is 17.8 Å². The third kappa shape index (κ3) is 2.76. The predicted octanol–water partition coefficient (Wildman–Crippen LogP) is 2.23. The van der Waals surface area contributed by atoms with Crippen LogP contribution in [0.25, 0.3) is 0 Å². The Hall–Kier alpha value is -2.28. The second-order valence-corrected chi connectivity index (χ2v) is 8.66. The van der Waals surface area contributed by atoms with Gasteiger partial charge in [0.25, 0.3) is 0 Å². The van der Waals surface area contributed by atoms with Crippen molar-refractivity contribution in [2.75, 3.05) is 18.1 Å². The molecule has 1 aromatic rings. The number of hydrogen-bond donors (Lipinski definition) is 3. The molecule has 7 nitrogen and oxygen atoms in total. The van der Waals surface area contributed by atoms with Gasteiger partial charge >= 0.3 is 12.0 Å². The van der Waals surface area contributed by atoms with E-state index in [1.165, 1.54) is 12.1 Å². The summed E-state index contributed by atoms with van der Waals surface area (Å²) in [7, 11) is 0. The van der Waals surface area contributed by atoms with E-state index in [9.17, 15) is 19.8 Å². The molecule has 0 saturated heterocycles. The number of nitrogens with one attached hydrogen (secondary N) is 1. The van der Waals surface area contributed by atoms with Crippen LogP contribution in [-0.4, -0.2) is 47.0 Å². The molecule has 5 aliphatic rings. The molecule has 2 amide bonds. The molecular formula is C20H24N2O5. The number of aromatic carboxylic acids is 1. The minimum Gasteiger partial charge on any atom is -0.490 e. The Bertz CT molecular complexity index is 794. The van der Waals surface area contributed by atoms with Crippen molar-refractivity contribution >= 4 is 17.7 Å². The van der Waals surface area contributed by atoms with Gasteiger partial charge in [-0.3, -0.25) is 4.90 Å². The number of nitrogens with zero attached hydrogens (tertiary/aromatic N) is 1. The summed E-state index contributed by atoms with van der Waals surface area (Å²) in [5, 5.41) is 23.2. The summed E-state index contributed by atoms with van der Waals surface area (Å²) in [4.78, 5) is 25.9. The van der Waals surface area contributed by atoms with E-state index >= 15 is 0 Å². The molecular weight excluding hydrogens is 348 g/mol. The highest BCUT2D eigenvalue weighted by Crippen LogP contribution is 2.55. The second kappa shape index (κ2) is 5.86. The molecule has 0 spiro atoms. The molecule has 0 aromatic heterocycles. The Labute approximate surface area is 157 Å². The lowest BCUT2D eigenvalue weighted by atomic mass is 9.52. The number of carboxylic acids is 1. The van der Waals surface area contributed by atoms with E-state index in [1.807, 2.05) is 0 Å². The van der Waals surface area contributed by atoms with E-state index in [0.717, 1.165) is 32.1 Å². The highest BCUT2D eigenvalue weighted by atomic mass is 16.5. The van der Waals surface area contributed by atoms with Gasteiger partial charge in [0, 0.05) is 6.04 Å². The van der Waals surface area contributed by atoms with Crippen LogP contribution in [0.2, 0.25) is 0 Å². The quantitative estimate of drug-likeness (QED) is 0.739. The van der Waals surface area contributed by atoms with Crippen LogP contribution in [-0.2, 0) is 0 Å². The average Bonchev–Trinajstić information content (AvgIpc) is 2.62. The molecule has 7 heteroatoms. The van der Waals surface area contributed by atoms with E-state index in [2.05, 4.69) is 5.32 Å². The van der Waals surface area contributed by atoms with Gasteiger partial charge in [0.2, 0.25) is 0 Å². The van der Waals surface area contributed by atoms with Crippen molar-refractivity contribution in [1.82, 2.24) is 5.32 Å². The van der Waals surface area contributed by atoms with Crippen molar-refractivity contribution in [3.05, 3.63) is 23.8 Å². The van der Waals surface area contributed by atoms with Crippen LogP contribution in [0.5, 0.6) is 5.75 Å². The maximum Gasteiger partial charge on any atom is 0.335 e. The summed E-state index contributed by atoms with van der Waals surface area (Å²) in [6.45, 7) is 0.767. The number of carbonyl (C=O) groups excluding carboxylic acids is 1. The highest BCUT2D eigenvalue weighted by molar-refractivity contribution is 5.97. The predicted molar refractivity (Wildman–Crippen MR) is 97.1 cm³/mol. The number of hydrogen-bond acceptors (Lipinski definition) is 4. The minimum absolute atomic E-state index is 0.0864. The fraction of sp³-hybridized carbons (Fsp3) is 0.600. The van der Waals surface area contributed by atoms with Gasteiger partial charge < -0.3 is 20.3 Å². The SMILES string of the molecule is O=C(O)c1ccc2c(c1)N(C(=O)NC1C3CC4CC1CC(O)(C4)C3)CCO2. The third-order valence-electron chi connectivity index (χ3n) is 6.85. The molecule has 144 valence electrons. The van der Waals surface area contributed by atoms with Crippen molar-refractivity contribution in [3.8, 4) is 5.75 Å². The van der Waals surface area contributed by atoms with Gasteiger partial charge in [-0.1, -0.05) is 0 Å². The summed E-state index contributed by atoms with van der Waals surface area (Å²) in [5.74, 6) is 0.744. The van der Waals surface area contributed by atoms with Crippen LogP contribution in [0.1, 0.15) is 42.5 Å². The van der Waals surface area contributed by atoms with Crippen LogP contribution in [0.3, 0.4) is 0 Å². The smallest absolute Gasteiger partial charge is 0.335 e. The Balaban J connectivity index is 1.37. The van der Waals surface area contributed by atoms with Gasteiger partial charge in [0.15, 0.2) is 0 Å². The first kappa shape index (κ1) is 16.9. The number of rotatable bonds is 2. The normalized spacial score (nSPS) is 36.1. The van der Waals surface area contributed by atoms with Crippen LogP contribution in [0.4, 0.5) is 10.5 Å². The van der Waals surface area contributed by atoms with Crippen molar-refractivity contribution in [3.63, 3.8) is 0 Å². The number of ether oxygens (including phenoxy) is 1. The van der Waals surface area contributed by atoms with Gasteiger partial charge in [0.05, 0.1) is 23.4 Å². The van der Waals surface area contributed by atoms with Crippen LogP contribution < -0.4 is 15.0 Å². The number of benzene rings is 1. The van der Waals surface area contributed by atoms with E-state index in [0.29, 0.717) is 42.3 Å². The number of amides is 2. The van der Waals surface area contributed by atoms with E-state index in [-0.39, 0.29) is 17.6 Å². The molecule has 27 heavy (non-hydrogen) atoms. The third-order valence-corrected chi connectivity index (χ3v) is 6.85. The molecule has 4 fully saturated rings. The lowest BCUT2D eigenvalue weighted by Gasteiger charge is -2.58. The van der Waals surface area contributed by atoms with E-state index in [1.54, 1.807) is 11.0 Å². The number of carbonyl (C=O) groups is 2. The summed E-state index contributed by atoms with van der Waals surface area (Å²) in [6, 6.07) is 4.48. The topological polar surface area (TPSA) is 99.1 Å². The van der Waals surface area contributed by atoms with Gasteiger partial charge in [-0.2, -0.15) is 0 Å². The summed E-state index contributed by atoms with van der Waals surface area (Å²) < 4.78 is 5.59. The number of fused-ring (bicyclic) bond motifs is 1. The molecule has 4 saturated carbocycles. The second-order valence-electron chi connectivity index (χ2n) is 8.66. The first-order chi connectivity index (χ1) is 12.9. The minimum atomic E-state index is -1.03. The first-order valence-electron chi connectivity index (χ1n) is 9.72. The number of carboxylic acid groups (broad SMARTS) is 1. The number of anilines is 1. The molecule has 4 bridgehead atoms. The number of aliphatic hydroxyl groups is 1. The lowest BCUT2D eigenvalue weighted by molar-refractivity contribution is -0.136. The zero-order valence-electron chi connectivity index (χ0n) is 15.1. The van der Waals surface area contributed by atoms with Crippen molar-refractivity contribution < 1.29 is 24.5 Å². The Morgan fingerprint density at radius 2 is 1.93 bits per heavy atom. The molecule has 2 atom stereocenters. The summed E-state index contributed by atoms with van der Waals surface area (Å²) in [5.41, 5.74) is 0.106. The largest absolute Gasteiger partial charge is 0.490 e. The molecule has 1 aliphatic heterocycles. The number of urea groups is 1. The maximum absolute atomic E-state index is 13.1. The van der Waals surface area contributed by atoms with Crippen molar-refractivity contribution in [1.29, 1.82) is 0 Å². The molecule has 1 aromatic carbocycles. The monoisotopic (exact) mass is 372 g/mol. The van der Waals surface area contributed by atoms with E-state index < -0.39 is 11.6 Å². The van der Waals surface area contributed by atoms with E-state index in [4.69, 9.17) is 4.74 Å². The molecule has 0 radical (unpaired) electrons. The molecule has 6 rings (SSSR count). The van der Waals surface area contributed by atoms with Crippen LogP contribution in [0.15, 0.2) is 18.2 Å². The van der Waals surface area contributed by atoms with Crippen molar-refractivity contribution in [2.24, 2.45) is 17.8 Å². The fourth-order valence-corrected chi connectivity index (χ4v) is 6.00.